The molecule has 0 aromatic heterocycles. The number of rotatable bonds is 0. The Bertz CT molecular complexity index is 80.6. The van der Waals surface area contributed by atoms with E-state index in [0.717, 1.165) is 5.92 Å². The average molecular weight is 202 g/mol. The molecule has 0 aliphatic carbocycles. The minimum Gasteiger partial charge on any atom is -0.437 e. The Hall–Kier alpha value is 1.19. The molecule has 43 valence electrons. The topological polar surface area (TPSA) is 0 Å². The van der Waals surface area contributed by atoms with Crippen LogP contribution < -0.4 is 0 Å². The van der Waals surface area contributed by atoms with E-state index >= 15 is 0 Å². The fourth-order valence-electron chi connectivity index (χ4n) is 0.567. The van der Waals surface area contributed by atoms with Crippen molar-refractivity contribution in [3.05, 3.63) is 11.5 Å². The van der Waals surface area contributed by atoms with Crippen LogP contribution in [0.25, 0.3) is 0 Å². The standard InChI is InChI=1S/C6H9S.Y/c1-6-3-2-4-7-5-6;/h2,6H,3,5H2,1H3;/q-1;. The zero-order valence-corrected chi connectivity index (χ0v) is 8.71. The van der Waals surface area contributed by atoms with E-state index in [0.29, 0.717) is 0 Å². The maximum atomic E-state index is 3.11. The summed E-state index contributed by atoms with van der Waals surface area (Å²) in [5.74, 6) is 2.14. The third kappa shape index (κ3) is 3.27. The van der Waals surface area contributed by atoms with Crippen LogP contribution in [0.2, 0.25) is 0 Å². The Morgan fingerprint density at radius 3 is 2.75 bits per heavy atom. The van der Waals surface area contributed by atoms with Gasteiger partial charge in [0.2, 0.25) is 0 Å². The molecule has 0 aromatic carbocycles. The summed E-state index contributed by atoms with van der Waals surface area (Å²) < 4.78 is 0. The summed E-state index contributed by atoms with van der Waals surface area (Å²) in [5, 5.41) is 3.11. The largest absolute Gasteiger partial charge is 0.437 e. The minimum absolute atomic E-state index is 0. The molecular weight excluding hydrogens is 193 g/mol. The molecule has 1 unspecified atom stereocenters. The van der Waals surface area contributed by atoms with Gasteiger partial charge in [-0.05, 0) is 11.7 Å². The Kier molecular flexibility index (Phi) is 5.77. The van der Waals surface area contributed by atoms with E-state index in [1.54, 1.807) is 11.8 Å². The maximum absolute atomic E-state index is 3.11. The molecular formula is C6H9SY-. The van der Waals surface area contributed by atoms with Crippen molar-refractivity contribution in [2.75, 3.05) is 5.75 Å². The molecule has 0 aromatic rings. The Morgan fingerprint density at radius 1 is 1.75 bits per heavy atom. The normalized spacial score (nSPS) is 26.9. The van der Waals surface area contributed by atoms with Gasteiger partial charge >= 0.3 is 0 Å². The minimum atomic E-state index is 0. The van der Waals surface area contributed by atoms with Gasteiger partial charge in [0.25, 0.3) is 0 Å². The van der Waals surface area contributed by atoms with E-state index in [-0.39, 0.29) is 32.7 Å². The second-order valence-corrected chi connectivity index (χ2v) is 2.83. The van der Waals surface area contributed by atoms with Crippen LogP contribution in [0.5, 0.6) is 0 Å². The van der Waals surface area contributed by atoms with Gasteiger partial charge < -0.3 is 17.2 Å². The molecule has 0 saturated carbocycles. The molecule has 1 heterocycles. The van der Waals surface area contributed by atoms with Gasteiger partial charge in [0, 0.05) is 32.7 Å². The second-order valence-electron chi connectivity index (χ2n) is 1.97. The van der Waals surface area contributed by atoms with Gasteiger partial charge in [0.1, 0.15) is 0 Å². The van der Waals surface area contributed by atoms with E-state index in [1.807, 2.05) is 0 Å². The summed E-state index contributed by atoms with van der Waals surface area (Å²) in [7, 11) is 0. The van der Waals surface area contributed by atoms with Crippen LogP contribution in [0.4, 0.5) is 0 Å². The molecule has 2 heteroatoms. The fourth-order valence-corrected chi connectivity index (χ4v) is 1.30. The Labute approximate surface area is 80.4 Å². The van der Waals surface area contributed by atoms with Crippen LogP contribution in [0.15, 0.2) is 6.08 Å². The van der Waals surface area contributed by atoms with Gasteiger partial charge in [0.05, 0.1) is 0 Å². The van der Waals surface area contributed by atoms with Crippen molar-refractivity contribution in [3.8, 4) is 0 Å². The molecule has 0 fully saturated rings. The first-order valence-electron chi connectivity index (χ1n) is 2.58. The van der Waals surface area contributed by atoms with Crippen molar-refractivity contribution in [3.63, 3.8) is 0 Å². The zero-order chi connectivity index (χ0) is 5.11. The van der Waals surface area contributed by atoms with Crippen LogP contribution in [-0.2, 0) is 32.7 Å². The van der Waals surface area contributed by atoms with Crippen LogP contribution >= 0.6 is 11.8 Å². The third-order valence-corrected chi connectivity index (χ3v) is 2.12. The van der Waals surface area contributed by atoms with Crippen LogP contribution in [0.3, 0.4) is 0 Å². The van der Waals surface area contributed by atoms with E-state index in [2.05, 4.69) is 18.4 Å². The van der Waals surface area contributed by atoms with Gasteiger partial charge in [-0.15, -0.1) is 0 Å². The Balaban J connectivity index is 0.000000490. The summed E-state index contributed by atoms with van der Waals surface area (Å²) in [5.41, 5.74) is 0. The van der Waals surface area contributed by atoms with Gasteiger partial charge in [-0.2, -0.15) is 0 Å². The first-order valence-corrected chi connectivity index (χ1v) is 3.57. The van der Waals surface area contributed by atoms with Gasteiger partial charge in [-0.3, -0.25) is 6.08 Å². The summed E-state index contributed by atoms with van der Waals surface area (Å²) in [6, 6.07) is 0. The molecule has 8 heavy (non-hydrogen) atoms. The van der Waals surface area contributed by atoms with E-state index in [4.69, 9.17) is 0 Å². The number of hydrogen-bond donors (Lipinski definition) is 0. The summed E-state index contributed by atoms with van der Waals surface area (Å²) in [4.78, 5) is 0. The molecule has 1 radical (unpaired) electrons. The molecule has 1 rings (SSSR count). The molecule has 0 amide bonds. The summed E-state index contributed by atoms with van der Waals surface area (Å²) in [6.07, 6.45) is 3.35. The second kappa shape index (κ2) is 5.02. The van der Waals surface area contributed by atoms with E-state index in [9.17, 15) is 0 Å². The molecule has 0 spiro atoms. The van der Waals surface area contributed by atoms with Crippen LogP contribution in [-0.4, -0.2) is 5.75 Å². The van der Waals surface area contributed by atoms with Gasteiger partial charge in [-0.1, -0.05) is 13.3 Å². The first kappa shape index (κ1) is 9.19. The van der Waals surface area contributed by atoms with Crippen molar-refractivity contribution in [1.29, 1.82) is 0 Å². The Morgan fingerprint density at radius 2 is 2.50 bits per heavy atom. The van der Waals surface area contributed by atoms with Crippen LogP contribution in [0.1, 0.15) is 13.3 Å². The van der Waals surface area contributed by atoms with Crippen molar-refractivity contribution in [1.82, 2.24) is 0 Å². The first-order chi connectivity index (χ1) is 3.39. The number of thioether (sulfide) groups is 1. The monoisotopic (exact) mass is 202 g/mol. The van der Waals surface area contributed by atoms with Crippen molar-refractivity contribution in [2.45, 2.75) is 13.3 Å². The molecule has 0 N–H and O–H groups in total. The number of hydrogen-bond acceptors (Lipinski definition) is 1. The zero-order valence-electron chi connectivity index (χ0n) is 5.05. The third-order valence-electron chi connectivity index (χ3n) is 1.05. The average Bonchev–Trinajstić information content (AvgIpc) is 1.69. The fraction of sp³-hybridized carbons (Fsp3) is 0.667. The number of allylic oxidation sites excluding steroid dienone is 1. The van der Waals surface area contributed by atoms with Gasteiger partial charge in [0.15, 0.2) is 0 Å². The summed E-state index contributed by atoms with van der Waals surface area (Å²) in [6.45, 7) is 2.27. The summed E-state index contributed by atoms with van der Waals surface area (Å²) >= 11 is 1.80. The SMILES string of the molecule is CC1CC=[C-]SC1.[Y]. The van der Waals surface area contributed by atoms with E-state index in [1.165, 1.54) is 12.2 Å². The van der Waals surface area contributed by atoms with Crippen molar-refractivity contribution >= 4 is 11.8 Å². The molecule has 1 aliphatic heterocycles. The van der Waals surface area contributed by atoms with Crippen LogP contribution in [0, 0.1) is 11.3 Å². The molecule has 1 aliphatic rings. The molecule has 1 atom stereocenters. The molecule has 0 bridgehead atoms. The van der Waals surface area contributed by atoms with Crippen molar-refractivity contribution in [2.24, 2.45) is 5.92 Å². The van der Waals surface area contributed by atoms with Gasteiger partial charge in [-0.25, -0.2) is 0 Å². The predicted molar refractivity (Wildman–Crippen MR) is 34.1 cm³/mol. The molecule has 0 saturated heterocycles. The predicted octanol–water partition coefficient (Wildman–Crippen LogP) is 2.07. The molecule has 0 nitrogen and oxygen atoms in total. The van der Waals surface area contributed by atoms with E-state index < -0.39 is 0 Å². The van der Waals surface area contributed by atoms with Crippen molar-refractivity contribution < 1.29 is 32.7 Å². The quantitative estimate of drug-likeness (QED) is 0.542. The maximum Gasteiger partial charge on any atom is 0 e. The smallest absolute Gasteiger partial charge is 0 e.